The van der Waals surface area contributed by atoms with E-state index in [1.807, 2.05) is 0 Å². The lowest BCUT2D eigenvalue weighted by Gasteiger charge is -2.19. The van der Waals surface area contributed by atoms with Crippen molar-refractivity contribution < 1.29 is 17.9 Å². The fourth-order valence-electron chi connectivity index (χ4n) is 1.34. The highest BCUT2D eigenvalue weighted by Crippen LogP contribution is 2.17. The van der Waals surface area contributed by atoms with Gasteiger partial charge < -0.3 is 5.11 Å². The van der Waals surface area contributed by atoms with Crippen molar-refractivity contribution in [1.29, 1.82) is 0 Å². The maximum atomic E-state index is 12.7. The molecule has 1 N–H and O–H groups in total. The van der Waals surface area contributed by atoms with E-state index in [-0.39, 0.29) is 12.4 Å². The van der Waals surface area contributed by atoms with E-state index in [1.165, 1.54) is 31.3 Å². The van der Waals surface area contributed by atoms with E-state index in [4.69, 9.17) is 5.11 Å². The van der Waals surface area contributed by atoms with E-state index in [1.54, 1.807) is 0 Å². The minimum atomic E-state index is -3.40. The Hall–Kier alpha value is -1.14. The Balaban J connectivity index is 2.74. The van der Waals surface area contributed by atoms with Crippen LogP contribution in [0.4, 0.5) is 10.1 Å². The zero-order valence-electron chi connectivity index (χ0n) is 9.63. The van der Waals surface area contributed by atoms with Gasteiger partial charge in [-0.2, -0.15) is 0 Å². The van der Waals surface area contributed by atoms with E-state index in [0.717, 1.165) is 4.31 Å². The molecule has 0 radical (unpaired) electrons. The van der Waals surface area contributed by atoms with E-state index < -0.39 is 15.8 Å². The number of sulfonamides is 1. The number of hydrogen-bond donors (Lipinski definition) is 1. The first-order valence-corrected chi connectivity index (χ1v) is 6.91. The van der Waals surface area contributed by atoms with Crippen molar-refractivity contribution in [2.24, 2.45) is 0 Å². The molecule has 6 heteroatoms. The average molecular weight is 261 g/mol. The van der Waals surface area contributed by atoms with Gasteiger partial charge in [-0.25, -0.2) is 12.8 Å². The third kappa shape index (κ3) is 3.98. The van der Waals surface area contributed by atoms with Crippen LogP contribution in [0.5, 0.6) is 0 Å². The van der Waals surface area contributed by atoms with E-state index >= 15 is 0 Å². The summed E-state index contributed by atoms with van der Waals surface area (Å²) in [6.45, 7) is -0.0181. The number of aliphatic hydroxyl groups excluding tert-OH is 1. The molecule has 0 amide bonds. The number of unbranched alkanes of at least 4 members (excludes halogenated alkanes) is 1. The topological polar surface area (TPSA) is 57.6 Å². The minimum Gasteiger partial charge on any atom is -0.396 e. The van der Waals surface area contributed by atoms with Gasteiger partial charge >= 0.3 is 0 Å². The molecule has 1 aromatic carbocycles. The number of benzene rings is 1. The molecule has 0 atom stereocenters. The molecule has 0 aliphatic carbocycles. The van der Waals surface area contributed by atoms with Crippen molar-refractivity contribution in [3.63, 3.8) is 0 Å². The van der Waals surface area contributed by atoms with Crippen molar-refractivity contribution in [2.75, 3.05) is 23.7 Å². The van der Waals surface area contributed by atoms with Gasteiger partial charge in [-0.3, -0.25) is 4.31 Å². The maximum absolute atomic E-state index is 12.7. The molecule has 4 nitrogen and oxygen atoms in total. The SMILES string of the molecule is CN(c1ccc(F)cc1)S(=O)(=O)CCCCO. The van der Waals surface area contributed by atoms with E-state index in [0.29, 0.717) is 18.5 Å². The smallest absolute Gasteiger partial charge is 0.234 e. The summed E-state index contributed by atoms with van der Waals surface area (Å²) in [6, 6.07) is 5.27. The minimum absolute atomic E-state index is 0.0181. The Kier molecular flexibility index (Phi) is 4.89. The van der Waals surface area contributed by atoms with Crippen LogP contribution in [0.3, 0.4) is 0 Å². The van der Waals surface area contributed by atoms with Crippen LogP contribution in [0.15, 0.2) is 24.3 Å². The predicted octanol–water partition coefficient (Wildman–Crippen LogP) is 1.36. The third-order valence-corrected chi connectivity index (χ3v) is 4.27. The maximum Gasteiger partial charge on any atom is 0.234 e. The summed E-state index contributed by atoms with van der Waals surface area (Å²) in [5.41, 5.74) is 0.426. The fraction of sp³-hybridized carbons (Fsp3) is 0.455. The molecule has 1 aromatic rings. The highest BCUT2D eigenvalue weighted by atomic mass is 32.2. The third-order valence-electron chi connectivity index (χ3n) is 2.42. The lowest BCUT2D eigenvalue weighted by molar-refractivity contribution is 0.287. The lowest BCUT2D eigenvalue weighted by atomic mass is 10.3. The first kappa shape index (κ1) is 13.9. The summed E-state index contributed by atoms with van der Waals surface area (Å²) in [7, 11) is -1.97. The second-order valence-electron chi connectivity index (χ2n) is 3.69. The number of halogens is 1. The zero-order chi connectivity index (χ0) is 12.9. The van der Waals surface area contributed by atoms with Crippen molar-refractivity contribution in [2.45, 2.75) is 12.8 Å². The second-order valence-corrected chi connectivity index (χ2v) is 5.81. The highest BCUT2D eigenvalue weighted by Gasteiger charge is 2.17. The summed E-state index contributed by atoms with van der Waals surface area (Å²) in [4.78, 5) is 0. The largest absolute Gasteiger partial charge is 0.396 e. The summed E-state index contributed by atoms with van der Waals surface area (Å²) < 4.78 is 37.5. The normalized spacial score (nSPS) is 11.5. The Bertz CT molecular complexity index is 444. The van der Waals surface area contributed by atoms with Crippen molar-refractivity contribution in [1.82, 2.24) is 0 Å². The fourth-order valence-corrected chi connectivity index (χ4v) is 2.63. The first-order valence-electron chi connectivity index (χ1n) is 5.30. The summed E-state index contributed by atoms with van der Waals surface area (Å²) in [5, 5.41) is 8.60. The molecule has 0 aromatic heterocycles. The molecule has 0 bridgehead atoms. The molecular formula is C11H16FNO3S. The molecule has 1 rings (SSSR count). The van der Waals surface area contributed by atoms with Crippen molar-refractivity contribution >= 4 is 15.7 Å². The van der Waals surface area contributed by atoms with Gasteiger partial charge in [0.15, 0.2) is 0 Å². The average Bonchev–Trinajstić information content (AvgIpc) is 2.29. The highest BCUT2D eigenvalue weighted by molar-refractivity contribution is 7.92. The standard InChI is InChI=1S/C11H16FNO3S/c1-13(11-6-4-10(12)5-7-11)17(15,16)9-3-2-8-14/h4-7,14H,2-3,8-9H2,1H3. The molecule has 0 fully saturated rings. The van der Waals surface area contributed by atoms with Gasteiger partial charge in [0.1, 0.15) is 5.82 Å². The summed E-state index contributed by atoms with van der Waals surface area (Å²) in [6.07, 6.45) is 0.862. The summed E-state index contributed by atoms with van der Waals surface area (Å²) >= 11 is 0. The van der Waals surface area contributed by atoms with Gasteiger partial charge in [0.05, 0.1) is 11.4 Å². The van der Waals surface area contributed by atoms with Crippen LogP contribution in [0.25, 0.3) is 0 Å². The molecule has 0 saturated heterocycles. The number of hydrogen-bond acceptors (Lipinski definition) is 3. The van der Waals surface area contributed by atoms with Crippen LogP contribution in [-0.2, 0) is 10.0 Å². The molecule has 0 aliphatic rings. The number of rotatable bonds is 6. The number of anilines is 1. The zero-order valence-corrected chi connectivity index (χ0v) is 10.5. The molecule has 0 saturated carbocycles. The molecular weight excluding hydrogens is 245 g/mol. The van der Waals surface area contributed by atoms with Crippen LogP contribution in [0.1, 0.15) is 12.8 Å². The Morgan fingerprint density at radius 2 is 1.82 bits per heavy atom. The van der Waals surface area contributed by atoms with Crippen LogP contribution < -0.4 is 4.31 Å². The quantitative estimate of drug-likeness (QED) is 0.787. The summed E-state index contributed by atoms with van der Waals surface area (Å²) in [5.74, 6) is -0.429. The van der Waals surface area contributed by atoms with Gasteiger partial charge in [0.25, 0.3) is 0 Å². The second kappa shape index (κ2) is 5.97. The van der Waals surface area contributed by atoms with Gasteiger partial charge in [0, 0.05) is 13.7 Å². The van der Waals surface area contributed by atoms with E-state index in [2.05, 4.69) is 0 Å². The number of nitrogens with zero attached hydrogens (tertiary/aromatic N) is 1. The molecule has 0 unspecified atom stereocenters. The molecule has 0 spiro atoms. The van der Waals surface area contributed by atoms with Crippen molar-refractivity contribution in [3.8, 4) is 0 Å². The van der Waals surface area contributed by atoms with Crippen LogP contribution in [0, 0.1) is 5.82 Å². The Morgan fingerprint density at radius 1 is 1.24 bits per heavy atom. The van der Waals surface area contributed by atoms with Gasteiger partial charge in [0.2, 0.25) is 10.0 Å². The van der Waals surface area contributed by atoms with Crippen LogP contribution in [-0.4, -0.2) is 32.9 Å². The molecule has 0 aliphatic heterocycles. The van der Waals surface area contributed by atoms with Crippen LogP contribution >= 0.6 is 0 Å². The Labute approximate surface area is 101 Å². The number of aliphatic hydroxyl groups is 1. The first-order chi connectivity index (χ1) is 7.97. The molecule has 96 valence electrons. The predicted molar refractivity (Wildman–Crippen MR) is 64.9 cm³/mol. The van der Waals surface area contributed by atoms with Gasteiger partial charge in [-0.1, -0.05) is 0 Å². The van der Waals surface area contributed by atoms with Gasteiger partial charge in [-0.15, -0.1) is 0 Å². The molecule has 0 heterocycles. The van der Waals surface area contributed by atoms with Gasteiger partial charge in [-0.05, 0) is 37.1 Å². The van der Waals surface area contributed by atoms with Crippen molar-refractivity contribution in [3.05, 3.63) is 30.1 Å². The van der Waals surface area contributed by atoms with Crippen LogP contribution in [0.2, 0.25) is 0 Å². The Morgan fingerprint density at radius 3 is 2.35 bits per heavy atom. The molecule has 17 heavy (non-hydrogen) atoms. The lowest BCUT2D eigenvalue weighted by Crippen LogP contribution is -2.29. The van der Waals surface area contributed by atoms with E-state index in [9.17, 15) is 12.8 Å². The monoisotopic (exact) mass is 261 g/mol.